The Morgan fingerprint density at radius 3 is 2.62 bits per heavy atom. The summed E-state index contributed by atoms with van der Waals surface area (Å²) < 4.78 is 1.08. The van der Waals surface area contributed by atoms with Crippen molar-refractivity contribution in [3.8, 4) is 0 Å². The van der Waals surface area contributed by atoms with Gasteiger partial charge in [-0.05, 0) is 29.2 Å². The molecule has 0 amide bonds. The summed E-state index contributed by atoms with van der Waals surface area (Å²) in [5, 5.41) is 13.2. The number of carboxylic acid groups (broad SMARTS) is 1. The molecule has 0 bridgehead atoms. The van der Waals surface area contributed by atoms with Crippen molar-refractivity contribution in [3.63, 3.8) is 0 Å². The number of carboxylic acids is 1. The smallest absolute Gasteiger partial charge is 0.326 e. The minimum Gasteiger partial charge on any atom is -0.480 e. The SMILES string of the molecule is CC(C)c1ccc2nc(NC(Cc3ccccc3)C(=O)O)sc2c1. The number of rotatable bonds is 6. The predicted molar refractivity (Wildman–Crippen MR) is 98.9 cm³/mol. The van der Waals surface area contributed by atoms with Gasteiger partial charge in [0.2, 0.25) is 0 Å². The highest BCUT2D eigenvalue weighted by molar-refractivity contribution is 7.22. The second-order valence-electron chi connectivity index (χ2n) is 6.13. The van der Waals surface area contributed by atoms with Gasteiger partial charge in [0.15, 0.2) is 5.13 Å². The first-order valence-corrected chi connectivity index (χ1v) is 8.78. The van der Waals surface area contributed by atoms with Crippen molar-refractivity contribution in [2.75, 3.05) is 5.32 Å². The monoisotopic (exact) mass is 340 g/mol. The number of fused-ring (bicyclic) bond motifs is 1. The summed E-state index contributed by atoms with van der Waals surface area (Å²) in [4.78, 5) is 16.1. The van der Waals surface area contributed by atoms with Crippen LogP contribution in [0.15, 0.2) is 48.5 Å². The van der Waals surface area contributed by atoms with Crippen LogP contribution in [-0.4, -0.2) is 22.1 Å². The minimum atomic E-state index is -0.874. The van der Waals surface area contributed by atoms with Gasteiger partial charge in [-0.25, -0.2) is 9.78 Å². The van der Waals surface area contributed by atoms with Crippen LogP contribution in [0.1, 0.15) is 30.9 Å². The molecule has 5 heteroatoms. The van der Waals surface area contributed by atoms with E-state index in [9.17, 15) is 9.90 Å². The average molecular weight is 340 g/mol. The van der Waals surface area contributed by atoms with Gasteiger partial charge in [-0.2, -0.15) is 0 Å². The summed E-state index contributed by atoms with van der Waals surface area (Å²) in [6, 6.07) is 15.1. The molecule has 0 radical (unpaired) electrons. The first-order valence-electron chi connectivity index (χ1n) is 7.96. The van der Waals surface area contributed by atoms with Crippen molar-refractivity contribution in [1.82, 2.24) is 4.98 Å². The van der Waals surface area contributed by atoms with Crippen molar-refractivity contribution in [1.29, 1.82) is 0 Å². The van der Waals surface area contributed by atoms with Crippen LogP contribution in [0.5, 0.6) is 0 Å². The van der Waals surface area contributed by atoms with E-state index >= 15 is 0 Å². The lowest BCUT2D eigenvalue weighted by Crippen LogP contribution is -2.31. The van der Waals surface area contributed by atoms with Crippen LogP contribution in [0.3, 0.4) is 0 Å². The van der Waals surface area contributed by atoms with E-state index in [0.29, 0.717) is 17.5 Å². The molecule has 0 saturated heterocycles. The molecule has 2 aromatic carbocycles. The van der Waals surface area contributed by atoms with Crippen molar-refractivity contribution < 1.29 is 9.90 Å². The van der Waals surface area contributed by atoms with E-state index in [1.807, 2.05) is 36.4 Å². The van der Waals surface area contributed by atoms with Crippen molar-refractivity contribution in [3.05, 3.63) is 59.7 Å². The highest BCUT2D eigenvalue weighted by atomic mass is 32.1. The third-order valence-corrected chi connectivity index (χ3v) is 4.91. The first-order chi connectivity index (χ1) is 11.5. The van der Waals surface area contributed by atoms with Crippen LogP contribution >= 0.6 is 11.3 Å². The second-order valence-corrected chi connectivity index (χ2v) is 7.16. The van der Waals surface area contributed by atoms with Crippen LogP contribution in [0.4, 0.5) is 5.13 Å². The number of anilines is 1. The van der Waals surface area contributed by atoms with E-state index in [2.05, 4.69) is 36.3 Å². The van der Waals surface area contributed by atoms with E-state index in [0.717, 1.165) is 15.8 Å². The number of thiazole rings is 1. The van der Waals surface area contributed by atoms with Gasteiger partial charge in [0, 0.05) is 6.42 Å². The van der Waals surface area contributed by atoms with E-state index in [1.165, 1.54) is 16.9 Å². The Labute approximate surface area is 145 Å². The molecule has 0 aliphatic rings. The highest BCUT2D eigenvalue weighted by Gasteiger charge is 2.19. The predicted octanol–water partition coefficient (Wildman–Crippen LogP) is 4.53. The van der Waals surface area contributed by atoms with E-state index in [1.54, 1.807) is 0 Å². The van der Waals surface area contributed by atoms with Crippen LogP contribution in [-0.2, 0) is 11.2 Å². The Bertz CT molecular complexity index is 843. The Kier molecular flexibility index (Phi) is 4.81. The molecule has 1 heterocycles. The summed E-state index contributed by atoms with van der Waals surface area (Å²) in [5.74, 6) is -0.418. The highest BCUT2D eigenvalue weighted by Crippen LogP contribution is 2.29. The lowest BCUT2D eigenvalue weighted by molar-refractivity contribution is -0.137. The summed E-state index contributed by atoms with van der Waals surface area (Å²) >= 11 is 1.50. The zero-order valence-electron chi connectivity index (χ0n) is 13.7. The summed E-state index contributed by atoms with van der Waals surface area (Å²) in [6.45, 7) is 4.31. The van der Waals surface area contributed by atoms with Gasteiger partial charge >= 0.3 is 5.97 Å². The number of nitrogens with one attached hydrogen (secondary N) is 1. The largest absolute Gasteiger partial charge is 0.480 e. The van der Waals surface area contributed by atoms with Gasteiger partial charge in [0.05, 0.1) is 10.2 Å². The van der Waals surface area contributed by atoms with E-state index in [-0.39, 0.29) is 0 Å². The molecule has 3 rings (SSSR count). The third kappa shape index (κ3) is 3.74. The normalized spacial score (nSPS) is 12.5. The molecule has 0 fully saturated rings. The van der Waals surface area contributed by atoms with Gasteiger partial charge < -0.3 is 10.4 Å². The molecular formula is C19H20N2O2S. The van der Waals surface area contributed by atoms with Gasteiger partial charge in [0.25, 0.3) is 0 Å². The van der Waals surface area contributed by atoms with Crippen LogP contribution in [0.25, 0.3) is 10.2 Å². The Morgan fingerprint density at radius 1 is 1.21 bits per heavy atom. The standard InChI is InChI=1S/C19H20N2O2S/c1-12(2)14-8-9-15-17(11-14)24-19(20-15)21-16(18(22)23)10-13-6-4-3-5-7-13/h3-9,11-12,16H,10H2,1-2H3,(H,20,21)(H,22,23). The number of aliphatic carboxylic acids is 1. The molecule has 1 unspecified atom stereocenters. The van der Waals surface area contributed by atoms with Gasteiger partial charge in [-0.3, -0.25) is 0 Å². The van der Waals surface area contributed by atoms with Crippen LogP contribution < -0.4 is 5.32 Å². The van der Waals surface area contributed by atoms with E-state index in [4.69, 9.17) is 0 Å². The Balaban J connectivity index is 1.82. The number of hydrogen-bond donors (Lipinski definition) is 2. The zero-order valence-corrected chi connectivity index (χ0v) is 14.5. The number of aromatic nitrogens is 1. The maximum Gasteiger partial charge on any atom is 0.326 e. The quantitative estimate of drug-likeness (QED) is 0.692. The molecule has 1 atom stereocenters. The minimum absolute atomic E-state index is 0.420. The maximum absolute atomic E-state index is 11.6. The molecule has 3 aromatic rings. The number of carbonyl (C=O) groups is 1. The molecule has 0 aliphatic heterocycles. The van der Waals surface area contributed by atoms with Crippen molar-refractivity contribution in [2.24, 2.45) is 0 Å². The molecule has 0 spiro atoms. The molecule has 124 valence electrons. The fourth-order valence-electron chi connectivity index (χ4n) is 2.56. The average Bonchev–Trinajstić information content (AvgIpc) is 2.96. The number of hydrogen-bond acceptors (Lipinski definition) is 4. The molecule has 0 aliphatic carbocycles. The lowest BCUT2D eigenvalue weighted by atomic mass is 10.0. The van der Waals surface area contributed by atoms with Gasteiger partial charge in [-0.1, -0.05) is 61.6 Å². The summed E-state index contributed by atoms with van der Waals surface area (Å²) in [5.41, 5.74) is 3.15. The van der Waals surface area contributed by atoms with E-state index < -0.39 is 12.0 Å². The van der Waals surface area contributed by atoms with Crippen molar-refractivity contribution in [2.45, 2.75) is 32.2 Å². The lowest BCUT2D eigenvalue weighted by Gasteiger charge is -2.13. The Morgan fingerprint density at radius 2 is 1.96 bits per heavy atom. The molecule has 24 heavy (non-hydrogen) atoms. The van der Waals surface area contributed by atoms with Crippen LogP contribution in [0, 0.1) is 0 Å². The molecule has 1 aromatic heterocycles. The summed E-state index contributed by atoms with van der Waals surface area (Å²) in [7, 11) is 0. The maximum atomic E-state index is 11.6. The second kappa shape index (κ2) is 7.01. The topological polar surface area (TPSA) is 62.2 Å². The van der Waals surface area contributed by atoms with Gasteiger partial charge in [0.1, 0.15) is 6.04 Å². The molecule has 0 saturated carbocycles. The van der Waals surface area contributed by atoms with Crippen LogP contribution in [0.2, 0.25) is 0 Å². The molecular weight excluding hydrogens is 320 g/mol. The van der Waals surface area contributed by atoms with Crippen molar-refractivity contribution >= 4 is 32.7 Å². The number of nitrogens with zero attached hydrogens (tertiary/aromatic N) is 1. The zero-order chi connectivity index (χ0) is 17.1. The fourth-order valence-corrected chi connectivity index (χ4v) is 3.53. The third-order valence-electron chi connectivity index (χ3n) is 3.96. The summed E-state index contributed by atoms with van der Waals surface area (Å²) in [6.07, 6.45) is 0.420. The number of benzene rings is 2. The van der Waals surface area contributed by atoms with Gasteiger partial charge in [-0.15, -0.1) is 0 Å². The molecule has 2 N–H and O–H groups in total. The first kappa shape index (κ1) is 16.5. The molecule has 4 nitrogen and oxygen atoms in total. The fraction of sp³-hybridized carbons (Fsp3) is 0.263. The Hall–Kier alpha value is -2.40.